The molecule has 1 aromatic carbocycles. The summed E-state index contributed by atoms with van der Waals surface area (Å²) in [6.45, 7) is 0. The SMILES string of the molecule is O=C(CCBr)c1ccc(Cl)cc1C(F)(F)F. The summed E-state index contributed by atoms with van der Waals surface area (Å²) in [5.74, 6) is -0.555. The number of carbonyl (C=O) groups excluding carboxylic acids is 1. The van der Waals surface area contributed by atoms with Crippen LogP contribution in [0.5, 0.6) is 0 Å². The van der Waals surface area contributed by atoms with Crippen LogP contribution in [0.4, 0.5) is 13.2 Å². The van der Waals surface area contributed by atoms with Crippen LogP contribution in [0.3, 0.4) is 0 Å². The van der Waals surface area contributed by atoms with Gasteiger partial charge >= 0.3 is 6.18 Å². The van der Waals surface area contributed by atoms with E-state index in [-0.39, 0.29) is 17.0 Å². The molecule has 0 saturated carbocycles. The summed E-state index contributed by atoms with van der Waals surface area (Å²) in [5.41, 5.74) is -1.32. The summed E-state index contributed by atoms with van der Waals surface area (Å²) in [7, 11) is 0. The number of benzene rings is 1. The van der Waals surface area contributed by atoms with Crippen LogP contribution in [0, 0.1) is 0 Å². The number of ketones is 1. The second kappa shape index (κ2) is 5.19. The molecular formula is C10H7BrClF3O. The van der Waals surface area contributed by atoms with Crippen molar-refractivity contribution < 1.29 is 18.0 Å². The molecule has 88 valence electrons. The highest BCUT2D eigenvalue weighted by molar-refractivity contribution is 9.09. The molecule has 0 spiro atoms. The van der Waals surface area contributed by atoms with Gasteiger partial charge in [0.05, 0.1) is 5.56 Å². The molecule has 0 amide bonds. The molecule has 0 heterocycles. The molecule has 0 radical (unpaired) electrons. The largest absolute Gasteiger partial charge is 0.417 e. The molecule has 1 aromatic rings. The molecule has 0 N–H and O–H groups in total. The smallest absolute Gasteiger partial charge is 0.294 e. The van der Waals surface area contributed by atoms with Crippen molar-refractivity contribution in [3.05, 3.63) is 34.3 Å². The Kier molecular flexibility index (Phi) is 4.38. The fourth-order valence-corrected chi connectivity index (χ4v) is 1.75. The quantitative estimate of drug-likeness (QED) is 0.599. The van der Waals surface area contributed by atoms with E-state index >= 15 is 0 Å². The van der Waals surface area contributed by atoms with E-state index in [1.54, 1.807) is 0 Å². The maximum atomic E-state index is 12.6. The minimum Gasteiger partial charge on any atom is -0.294 e. The van der Waals surface area contributed by atoms with Crippen molar-refractivity contribution >= 4 is 33.3 Å². The normalized spacial score (nSPS) is 11.6. The van der Waals surface area contributed by atoms with Crippen molar-refractivity contribution in [2.24, 2.45) is 0 Å². The molecular weight excluding hydrogens is 308 g/mol. The van der Waals surface area contributed by atoms with Gasteiger partial charge in [-0.2, -0.15) is 13.2 Å². The molecule has 1 rings (SSSR count). The lowest BCUT2D eigenvalue weighted by Gasteiger charge is -2.11. The van der Waals surface area contributed by atoms with Crippen LogP contribution < -0.4 is 0 Å². The van der Waals surface area contributed by atoms with Gasteiger partial charge in [-0.15, -0.1) is 0 Å². The third kappa shape index (κ3) is 3.22. The Morgan fingerprint density at radius 3 is 2.50 bits per heavy atom. The number of hydrogen-bond acceptors (Lipinski definition) is 1. The third-order valence-electron chi connectivity index (χ3n) is 1.91. The van der Waals surface area contributed by atoms with Crippen molar-refractivity contribution in [2.75, 3.05) is 5.33 Å². The summed E-state index contributed by atoms with van der Waals surface area (Å²) in [6.07, 6.45) is -4.55. The first-order chi connectivity index (χ1) is 7.36. The molecule has 1 nitrogen and oxygen atoms in total. The first-order valence-corrected chi connectivity index (χ1v) is 5.82. The van der Waals surface area contributed by atoms with Gasteiger partial charge in [-0.05, 0) is 18.2 Å². The Labute approximate surface area is 104 Å². The van der Waals surface area contributed by atoms with Crippen LogP contribution in [0.1, 0.15) is 22.3 Å². The standard InChI is InChI=1S/C10H7BrClF3O/c11-4-3-9(16)7-2-1-6(12)5-8(7)10(13,14)15/h1-2,5H,3-4H2. The minimum atomic E-state index is -4.57. The summed E-state index contributed by atoms with van der Waals surface area (Å²) in [6, 6.07) is 3.15. The highest BCUT2D eigenvalue weighted by atomic mass is 79.9. The molecule has 0 aromatic heterocycles. The Balaban J connectivity index is 3.23. The highest BCUT2D eigenvalue weighted by Gasteiger charge is 2.35. The average Bonchev–Trinajstić information content (AvgIpc) is 2.16. The maximum absolute atomic E-state index is 12.6. The number of hydrogen-bond donors (Lipinski definition) is 0. The van der Waals surface area contributed by atoms with E-state index in [9.17, 15) is 18.0 Å². The third-order valence-corrected chi connectivity index (χ3v) is 2.54. The van der Waals surface area contributed by atoms with Gasteiger partial charge in [0.1, 0.15) is 0 Å². The predicted molar refractivity (Wildman–Crippen MR) is 59.2 cm³/mol. The summed E-state index contributed by atoms with van der Waals surface area (Å²) >= 11 is 8.49. The lowest BCUT2D eigenvalue weighted by atomic mass is 10.0. The molecule has 0 unspecified atom stereocenters. The first-order valence-electron chi connectivity index (χ1n) is 4.32. The molecule has 0 saturated heterocycles. The fraction of sp³-hybridized carbons (Fsp3) is 0.300. The van der Waals surface area contributed by atoms with E-state index < -0.39 is 17.5 Å². The Hall–Kier alpha value is -0.550. The van der Waals surface area contributed by atoms with Crippen LogP contribution in [-0.4, -0.2) is 11.1 Å². The Bertz CT molecular complexity index is 404. The van der Waals surface area contributed by atoms with Crippen molar-refractivity contribution in [1.29, 1.82) is 0 Å². The van der Waals surface area contributed by atoms with Crippen molar-refractivity contribution in [2.45, 2.75) is 12.6 Å². The van der Waals surface area contributed by atoms with E-state index in [1.165, 1.54) is 6.07 Å². The molecule has 6 heteroatoms. The predicted octanol–water partition coefficient (Wildman–Crippen LogP) is 4.33. The van der Waals surface area contributed by atoms with Gasteiger partial charge in [-0.1, -0.05) is 27.5 Å². The average molecular weight is 316 g/mol. The lowest BCUT2D eigenvalue weighted by Crippen LogP contribution is -2.13. The molecule has 0 aliphatic rings. The summed E-state index contributed by atoms with van der Waals surface area (Å²) < 4.78 is 37.8. The van der Waals surface area contributed by atoms with Gasteiger partial charge in [0.15, 0.2) is 5.78 Å². The lowest BCUT2D eigenvalue weighted by molar-refractivity contribution is -0.137. The van der Waals surface area contributed by atoms with E-state index in [1.807, 2.05) is 0 Å². The van der Waals surface area contributed by atoms with Crippen LogP contribution in [0.2, 0.25) is 5.02 Å². The second-order valence-electron chi connectivity index (χ2n) is 3.05. The van der Waals surface area contributed by atoms with Gasteiger partial charge in [-0.25, -0.2) is 0 Å². The zero-order chi connectivity index (χ0) is 12.3. The zero-order valence-electron chi connectivity index (χ0n) is 7.94. The number of halogens is 5. The van der Waals surface area contributed by atoms with Gasteiger partial charge in [0.25, 0.3) is 0 Å². The summed E-state index contributed by atoms with van der Waals surface area (Å²) in [4.78, 5) is 11.5. The van der Waals surface area contributed by atoms with E-state index in [4.69, 9.17) is 11.6 Å². The van der Waals surface area contributed by atoms with Crippen LogP contribution in [-0.2, 0) is 6.18 Å². The fourth-order valence-electron chi connectivity index (χ4n) is 1.21. The maximum Gasteiger partial charge on any atom is 0.417 e. The minimum absolute atomic E-state index is 0.0186. The topological polar surface area (TPSA) is 17.1 Å². The molecule has 0 aliphatic carbocycles. The highest BCUT2D eigenvalue weighted by Crippen LogP contribution is 2.34. The van der Waals surface area contributed by atoms with Crippen LogP contribution in [0.15, 0.2) is 18.2 Å². The van der Waals surface area contributed by atoms with Gasteiger partial charge in [0, 0.05) is 22.3 Å². The van der Waals surface area contributed by atoms with Crippen molar-refractivity contribution in [3.63, 3.8) is 0 Å². The molecule has 16 heavy (non-hydrogen) atoms. The molecule has 0 atom stereocenters. The summed E-state index contributed by atoms with van der Waals surface area (Å²) in [5, 5.41) is 0.286. The number of carbonyl (C=O) groups is 1. The first kappa shape index (κ1) is 13.5. The van der Waals surface area contributed by atoms with Crippen molar-refractivity contribution in [3.8, 4) is 0 Å². The molecule has 0 bridgehead atoms. The molecule has 0 fully saturated rings. The zero-order valence-corrected chi connectivity index (χ0v) is 10.3. The monoisotopic (exact) mass is 314 g/mol. The van der Waals surface area contributed by atoms with E-state index in [0.717, 1.165) is 12.1 Å². The van der Waals surface area contributed by atoms with Crippen LogP contribution in [0.25, 0.3) is 0 Å². The number of Topliss-reactive ketones (excluding diaryl/α,β-unsaturated/α-hetero) is 1. The number of rotatable bonds is 3. The van der Waals surface area contributed by atoms with Gasteiger partial charge in [0.2, 0.25) is 0 Å². The Morgan fingerprint density at radius 2 is 2.00 bits per heavy atom. The van der Waals surface area contributed by atoms with Crippen LogP contribution >= 0.6 is 27.5 Å². The number of alkyl halides is 4. The van der Waals surface area contributed by atoms with E-state index in [0.29, 0.717) is 5.33 Å². The Morgan fingerprint density at radius 1 is 1.38 bits per heavy atom. The van der Waals surface area contributed by atoms with Crippen molar-refractivity contribution in [1.82, 2.24) is 0 Å². The second-order valence-corrected chi connectivity index (χ2v) is 4.28. The van der Waals surface area contributed by atoms with Gasteiger partial charge in [-0.3, -0.25) is 4.79 Å². The van der Waals surface area contributed by atoms with E-state index in [2.05, 4.69) is 15.9 Å². The van der Waals surface area contributed by atoms with Gasteiger partial charge < -0.3 is 0 Å². The molecule has 0 aliphatic heterocycles.